The number of hydrogen-bond acceptors (Lipinski definition) is 8. The third-order valence-corrected chi connectivity index (χ3v) is 6.33. The molecule has 0 aliphatic carbocycles. The molecule has 13 heteroatoms. The number of benzene rings is 3. The van der Waals surface area contributed by atoms with Crippen LogP contribution in [-0.4, -0.2) is 55.5 Å². The van der Waals surface area contributed by atoms with Gasteiger partial charge in [-0.25, -0.2) is 8.42 Å². The van der Waals surface area contributed by atoms with Crippen molar-refractivity contribution in [1.29, 1.82) is 0 Å². The predicted molar refractivity (Wildman–Crippen MR) is 114 cm³/mol. The fourth-order valence-electron chi connectivity index (χ4n) is 2.92. The Bertz CT molecular complexity index is 1440. The standard InChI is InChI=1S/C19H18N2O7S2.2Na.H2/c1-10-6-12(3)16(7-11(10)2)20-21-18-15-5-4-14(29(23,24)25)8-13(15)9-17(19(18)22)30(26,27)28;;;/h4-9,22H,1-3H3,(H,23,24,25)(H,26,27,28);;;1H/q;;+1;/p-2. The molecule has 0 unspecified atom stereocenters. The van der Waals surface area contributed by atoms with Gasteiger partial charge in [-0.1, -0.05) is 17.9 Å². The molecule has 0 amide bonds. The fraction of sp³-hybridized carbons (Fsp3) is 0.158. The minimum Gasteiger partial charge on any atom is -0.870 e. The molecule has 0 atom stereocenters. The number of azo groups is 1. The zero-order chi connectivity index (χ0) is 22.4. The summed E-state index contributed by atoms with van der Waals surface area (Å²) in [4.78, 5) is -1.62. The molecule has 0 aromatic heterocycles. The van der Waals surface area contributed by atoms with E-state index in [4.69, 9.17) is 0 Å². The summed E-state index contributed by atoms with van der Waals surface area (Å²) in [5.41, 5.74) is 2.76. The minimum atomic E-state index is -4.94. The van der Waals surface area contributed by atoms with Gasteiger partial charge in [-0.2, -0.15) is 18.6 Å². The zero-order valence-electron chi connectivity index (χ0n) is 18.1. The molecule has 3 aromatic carbocycles. The van der Waals surface area contributed by atoms with Gasteiger partial charge in [0.05, 0.1) is 21.2 Å². The van der Waals surface area contributed by atoms with Gasteiger partial charge in [-0.05, 0) is 67.1 Å². The number of nitrogens with zero attached hydrogens (tertiary/aromatic N) is 2. The fourth-order valence-corrected chi connectivity index (χ4v) is 4.04. The van der Waals surface area contributed by atoms with Crippen LogP contribution in [0.15, 0.2) is 56.4 Å². The van der Waals surface area contributed by atoms with E-state index in [1.807, 2.05) is 19.9 Å². The van der Waals surface area contributed by atoms with Gasteiger partial charge >= 0.3 is 29.6 Å². The van der Waals surface area contributed by atoms with E-state index in [-0.39, 0.29) is 71.3 Å². The van der Waals surface area contributed by atoms with Gasteiger partial charge in [0.15, 0.2) is 0 Å². The maximum Gasteiger partial charge on any atom is 1.00 e. The molecule has 0 spiro atoms. The van der Waals surface area contributed by atoms with Crippen molar-refractivity contribution in [1.82, 2.24) is 0 Å². The van der Waals surface area contributed by atoms with Crippen LogP contribution in [0.5, 0.6) is 5.75 Å². The van der Waals surface area contributed by atoms with E-state index in [2.05, 4.69) is 10.2 Å². The Morgan fingerprint density at radius 3 is 2.06 bits per heavy atom. The number of hydrogen-bond donors (Lipinski definition) is 1. The molecule has 0 aliphatic heterocycles. The van der Waals surface area contributed by atoms with Gasteiger partial charge in [0.25, 0.3) is 10.1 Å². The maximum absolute atomic E-state index is 12.7. The molecular formula is C19H18N2Na2O7S2-. The third kappa shape index (κ3) is 6.17. The van der Waals surface area contributed by atoms with Crippen LogP contribution in [0.2, 0.25) is 0 Å². The van der Waals surface area contributed by atoms with Crippen molar-refractivity contribution >= 4 is 71.9 Å². The second-order valence-electron chi connectivity index (χ2n) is 6.79. The minimum absolute atomic E-state index is 0. The molecule has 0 saturated carbocycles. The average Bonchev–Trinajstić information content (AvgIpc) is 2.62. The van der Waals surface area contributed by atoms with E-state index < -0.39 is 41.5 Å². The third-order valence-electron chi connectivity index (χ3n) is 4.64. The second-order valence-corrected chi connectivity index (χ2v) is 9.56. The van der Waals surface area contributed by atoms with E-state index in [1.165, 1.54) is 0 Å². The Balaban J connectivity index is 0.00000341. The average molecular weight is 496 g/mol. The van der Waals surface area contributed by atoms with Crippen LogP contribution in [0.25, 0.3) is 10.8 Å². The molecule has 32 heavy (non-hydrogen) atoms. The van der Waals surface area contributed by atoms with E-state index in [0.717, 1.165) is 41.0 Å². The summed E-state index contributed by atoms with van der Waals surface area (Å²) in [5, 5.41) is 20.6. The molecule has 0 fully saturated rings. The smallest absolute Gasteiger partial charge is 0.870 e. The number of aryl methyl sites for hydroxylation is 3. The molecule has 1 N–H and O–H groups in total. The van der Waals surface area contributed by atoms with Crippen molar-refractivity contribution in [2.75, 3.05) is 0 Å². The van der Waals surface area contributed by atoms with E-state index in [1.54, 1.807) is 13.0 Å². The summed E-state index contributed by atoms with van der Waals surface area (Å²) >= 11 is 0. The first kappa shape index (κ1) is 29.2. The van der Waals surface area contributed by atoms with Gasteiger partial charge in [-0.3, -0.25) is 4.55 Å². The maximum atomic E-state index is 12.7. The summed E-state index contributed by atoms with van der Waals surface area (Å²) < 4.78 is 66.6. The van der Waals surface area contributed by atoms with Crippen molar-refractivity contribution < 1.29 is 62.0 Å². The Hall–Kier alpha value is -0.860. The van der Waals surface area contributed by atoms with E-state index in [9.17, 15) is 31.0 Å². The van der Waals surface area contributed by atoms with Crippen LogP contribution in [0, 0.1) is 20.8 Å². The Labute approximate surface area is 231 Å². The summed E-state index contributed by atoms with van der Waals surface area (Å²) in [6, 6.07) is 7.47. The van der Waals surface area contributed by atoms with Crippen LogP contribution in [-0.2, 0) is 20.2 Å². The zero-order valence-corrected chi connectivity index (χ0v) is 23.7. The van der Waals surface area contributed by atoms with Crippen LogP contribution >= 0.6 is 0 Å². The van der Waals surface area contributed by atoms with Gasteiger partial charge < -0.3 is 9.66 Å². The van der Waals surface area contributed by atoms with Gasteiger partial charge in [0, 0.05) is 36.4 Å². The van der Waals surface area contributed by atoms with Crippen molar-refractivity contribution in [2.45, 2.75) is 30.6 Å². The van der Waals surface area contributed by atoms with Gasteiger partial charge in [-0.15, -0.1) is 0 Å². The van der Waals surface area contributed by atoms with Crippen LogP contribution in [0.1, 0.15) is 18.1 Å². The molecule has 0 aliphatic rings. The summed E-state index contributed by atoms with van der Waals surface area (Å²) in [7, 11) is -9.77. The molecule has 0 heterocycles. The first-order valence-corrected chi connectivity index (χ1v) is 11.3. The SMILES string of the molecule is Cc1cc(C)c(N=Nc2c([O-])c(S(=O)(=O)O)cc3cc(S(=O)(=O)[O-])ccc23)cc1C.[HH].[Na+].[Na]. The normalized spacial score (nSPS) is 11.9. The Morgan fingerprint density at radius 2 is 1.50 bits per heavy atom. The van der Waals surface area contributed by atoms with Crippen molar-refractivity contribution in [3.63, 3.8) is 0 Å². The van der Waals surface area contributed by atoms with Gasteiger partial charge in [0.1, 0.15) is 10.1 Å². The van der Waals surface area contributed by atoms with E-state index in [0.29, 0.717) is 5.69 Å². The molecule has 161 valence electrons. The van der Waals surface area contributed by atoms with E-state index >= 15 is 0 Å². The molecule has 3 aromatic rings. The van der Waals surface area contributed by atoms with Crippen LogP contribution < -0.4 is 34.7 Å². The van der Waals surface area contributed by atoms with Crippen molar-refractivity contribution in [3.05, 3.63) is 53.1 Å². The second kappa shape index (κ2) is 10.6. The van der Waals surface area contributed by atoms with Crippen molar-refractivity contribution in [3.8, 4) is 5.75 Å². The van der Waals surface area contributed by atoms with Crippen molar-refractivity contribution in [2.24, 2.45) is 10.2 Å². The Morgan fingerprint density at radius 1 is 0.906 bits per heavy atom. The topological polar surface area (TPSA) is 159 Å². The summed E-state index contributed by atoms with van der Waals surface area (Å²) in [6.07, 6.45) is 0. The van der Waals surface area contributed by atoms with Crippen LogP contribution in [0.4, 0.5) is 11.4 Å². The largest absolute Gasteiger partial charge is 1.00 e. The quantitative estimate of drug-likeness (QED) is 0.308. The van der Waals surface area contributed by atoms with Crippen LogP contribution in [0.3, 0.4) is 0 Å². The molecule has 3 rings (SSSR count). The predicted octanol–water partition coefficient (Wildman–Crippen LogP) is 0.274. The van der Waals surface area contributed by atoms with Gasteiger partial charge in [0.2, 0.25) is 0 Å². The molecule has 0 saturated heterocycles. The first-order chi connectivity index (χ1) is 13.8. The molecule has 0 bridgehead atoms. The molecule has 1 radical (unpaired) electrons. The summed E-state index contributed by atoms with van der Waals surface area (Å²) in [5.74, 6) is -1.10. The number of rotatable bonds is 4. The Kier molecular flexibility index (Phi) is 9.66. The first-order valence-electron chi connectivity index (χ1n) is 8.50. The summed E-state index contributed by atoms with van der Waals surface area (Å²) in [6.45, 7) is 5.58. The number of fused-ring (bicyclic) bond motifs is 1. The molecular weight excluding hydrogens is 478 g/mol. The molecule has 9 nitrogen and oxygen atoms in total. The monoisotopic (exact) mass is 496 g/mol.